The van der Waals surface area contributed by atoms with Gasteiger partial charge in [0.15, 0.2) is 0 Å². The van der Waals surface area contributed by atoms with Crippen molar-refractivity contribution in [1.29, 1.82) is 0 Å². The Labute approximate surface area is 123 Å². The van der Waals surface area contributed by atoms with Crippen LogP contribution in [0.4, 0.5) is 10.5 Å². The number of aromatic amines is 1. The van der Waals surface area contributed by atoms with Crippen LogP contribution in [0, 0.1) is 6.92 Å². The predicted molar refractivity (Wildman–Crippen MR) is 77.5 cm³/mol. The van der Waals surface area contributed by atoms with E-state index in [1.54, 1.807) is 20.0 Å². The summed E-state index contributed by atoms with van der Waals surface area (Å²) < 4.78 is 0. The van der Waals surface area contributed by atoms with Crippen LogP contribution in [0.5, 0.6) is 0 Å². The van der Waals surface area contributed by atoms with E-state index in [0.717, 1.165) is 19.3 Å². The number of carbonyl (C=O) groups is 2. The zero-order chi connectivity index (χ0) is 15.6. The van der Waals surface area contributed by atoms with Gasteiger partial charge >= 0.3 is 12.0 Å². The molecule has 2 rings (SSSR count). The summed E-state index contributed by atoms with van der Waals surface area (Å²) in [6.07, 6.45) is 2.85. The summed E-state index contributed by atoms with van der Waals surface area (Å²) in [4.78, 5) is 27.5. The molecule has 1 aliphatic rings. The Balaban J connectivity index is 2.08. The van der Waals surface area contributed by atoms with E-state index in [-0.39, 0.29) is 17.4 Å². The highest BCUT2D eigenvalue weighted by Gasteiger charge is 2.30. The molecule has 7 heteroatoms. The van der Waals surface area contributed by atoms with Crippen molar-refractivity contribution in [2.45, 2.75) is 44.8 Å². The molecule has 1 fully saturated rings. The largest absolute Gasteiger partial charge is 0.477 e. The third kappa shape index (κ3) is 3.36. The average Bonchev–Trinajstić information content (AvgIpc) is 2.79. The molecule has 2 amide bonds. The highest BCUT2D eigenvalue weighted by molar-refractivity contribution is 5.99. The van der Waals surface area contributed by atoms with Crippen LogP contribution in [0.1, 0.15) is 41.9 Å². The van der Waals surface area contributed by atoms with E-state index in [1.165, 1.54) is 4.90 Å². The fraction of sp³-hybridized carbons (Fsp3) is 0.571. The Bertz CT molecular complexity index is 540. The van der Waals surface area contributed by atoms with E-state index in [2.05, 4.69) is 10.3 Å². The van der Waals surface area contributed by atoms with Crippen LogP contribution in [0.15, 0.2) is 6.07 Å². The summed E-state index contributed by atoms with van der Waals surface area (Å²) in [5.74, 6) is -1.13. The molecule has 0 bridgehead atoms. The van der Waals surface area contributed by atoms with Crippen molar-refractivity contribution in [2.24, 2.45) is 0 Å². The van der Waals surface area contributed by atoms with Gasteiger partial charge in [-0.3, -0.25) is 0 Å². The summed E-state index contributed by atoms with van der Waals surface area (Å²) in [6.45, 7) is 1.72. The second-order valence-electron chi connectivity index (χ2n) is 5.51. The highest BCUT2D eigenvalue weighted by atomic mass is 16.4. The Morgan fingerprint density at radius 3 is 2.67 bits per heavy atom. The van der Waals surface area contributed by atoms with E-state index in [4.69, 9.17) is 5.11 Å². The maximum atomic E-state index is 12.2. The molecule has 1 aliphatic carbocycles. The number of nitrogens with zero attached hydrogens (tertiary/aromatic N) is 1. The topological polar surface area (TPSA) is 106 Å². The molecule has 0 saturated heterocycles. The van der Waals surface area contributed by atoms with Gasteiger partial charge in [0, 0.05) is 12.7 Å². The molecular formula is C14H21N3O4. The number of aryl methyl sites for hydroxylation is 1. The lowest BCUT2D eigenvalue weighted by molar-refractivity contribution is 0.0493. The third-order valence-corrected chi connectivity index (χ3v) is 3.92. The van der Waals surface area contributed by atoms with Gasteiger partial charge in [-0.15, -0.1) is 0 Å². The first-order valence-corrected chi connectivity index (χ1v) is 7.05. The van der Waals surface area contributed by atoms with Crippen LogP contribution in [-0.4, -0.2) is 51.3 Å². The highest BCUT2D eigenvalue weighted by Crippen LogP contribution is 2.24. The summed E-state index contributed by atoms with van der Waals surface area (Å²) >= 11 is 0. The van der Waals surface area contributed by atoms with Crippen LogP contribution in [0.2, 0.25) is 0 Å². The number of rotatable bonds is 3. The number of urea groups is 1. The predicted octanol–water partition coefficient (Wildman–Crippen LogP) is 1.79. The molecule has 1 aromatic heterocycles. The van der Waals surface area contributed by atoms with E-state index < -0.39 is 18.1 Å². The van der Waals surface area contributed by atoms with Gasteiger partial charge in [-0.2, -0.15) is 0 Å². The van der Waals surface area contributed by atoms with Crippen LogP contribution in [0.3, 0.4) is 0 Å². The minimum Gasteiger partial charge on any atom is -0.477 e. The molecule has 21 heavy (non-hydrogen) atoms. The molecule has 0 radical (unpaired) electrons. The molecule has 1 heterocycles. The molecule has 0 spiro atoms. The van der Waals surface area contributed by atoms with Crippen molar-refractivity contribution in [3.8, 4) is 0 Å². The van der Waals surface area contributed by atoms with E-state index >= 15 is 0 Å². The van der Waals surface area contributed by atoms with Crippen molar-refractivity contribution in [3.05, 3.63) is 17.5 Å². The lowest BCUT2D eigenvalue weighted by Crippen LogP contribution is -2.47. The van der Waals surface area contributed by atoms with Gasteiger partial charge < -0.3 is 25.4 Å². The summed E-state index contributed by atoms with van der Waals surface area (Å²) in [6, 6.07) is 0.932. The fourth-order valence-corrected chi connectivity index (χ4v) is 2.75. The third-order valence-electron chi connectivity index (χ3n) is 3.92. The number of amides is 2. The Kier molecular flexibility index (Phi) is 4.52. The lowest BCUT2D eigenvalue weighted by atomic mass is 9.92. The van der Waals surface area contributed by atoms with Crippen LogP contribution >= 0.6 is 0 Å². The lowest BCUT2D eigenvalue weighted by Gasteiger charge is -2.35. The maximum absolute atomic E-state index is 12.2. The van der Waals surface area contributed by atoms with Crippen LogP contribution in [0.25, 0.3) is 0 Å². The molecule has 2 unspecified atom stereocenters. The molecule has 2 atom stereocenters. The van der Waals surface area contributed by atoms with Crippen LogP contribution < -0.4 is 5.32 Å². The quantitative estimate of drug-likeness (QED) is 0.682. The van der Waals surface area contributed by atoms with E-state index in [9.17, 15) is 14.7 Å². The van der Waals surface area contributed by atoms with Crippen molar-refractivity contribution >= 4 is 17.7 Å². The number of nitrogens with one attached hydrogen (secondary N) is 2. The van der Waals surface area contributed by atoms with E-state index in [1.807, 2.05) is 0 Å². The molecule has 116 valence electrons. The molecule has 4 N–H and O–H groups in total. The Hall–Kier alpha value is -2.02. The number of aromatic nitrogens is 1. The summed E-state index contributed by atoms with van der Waals surface area (Å²) in [5, 5.41) is 21.7. The second kappa shape index (κ2) is 6.17. The molecule has 0 aromatic carbocycles. The standard InChI is InChI=1S/C14H21N3O4/c1-8-7-9(12(15-8)13(19)20)16-14(21)17(2)10-5-3-4-6-11(10)18/h7,10-11,15,18H,3-6H2,1-2H3,(H,16,21)(H,19,20). The zero-order valence-corrected chi connectivity index (χ0v) is 12.2. The van der Waals surface area contributed by atoms with Gasteiger partial charge in [0.05, 0.1) is 17.8 Å². The van der Waals surface area contributed by atoms with Crippen molar-refractivity contribution in [2.75, 3.05) is 12.4 Å². The normalized spacial score (nSPS) is 21.9. The first-order valence-electron chi connectivity index (χ1n) is 7.05. The number of hydrogen-bond acceptors (Lipinski definition) is 3. The minimum absolute atomic E-state index is 0.0431. The smallest absolute Gasteiger partial charge is 0.354 e. The molecule has 7 nitrogen and oxygen atoms in total. The number of likely N-dealkylation sites (N-methyl/N-ethyl adjacent to an activating group) is 1. The Morgan fingerprint density at radius 2 is 2.05 bits per heavy atom. The van der Waals surface area contributed by atoms with Gasteiger partial charge in [-0.05, 0) is 25.8 Å². The number of aliphatic hydroxyl groups excluding tert-OH is 1. The number of anilines is 1. The minimum atomic E-state index is -1.13. The second-order valence-corrected chi connectivity index (χ2v) is 5.51. The summed E-state index contributed by atoms with van der Waals surface area (Å²) in [5.41, 5.74) is 0.851. The average molecular weight is 295 g/mol. The zero-order valence-electron chi connectivity index (χ0n) is 12.2. The summed E-state index contributed by atoms with van der Waals surface area (Å²) in [7, 11) is 1.62. The monoisotopic (exact) mass is 295 g/mol. The number of carboxylic acid groups (broad SMARTS) is 1. The number of carboxylic acids is 1. The van der Waals surface area contributed by atoms with Gasteiger partial charge in [0.1, 0.15) is 5.69 Å². The van der Waals surface area contributed by atoms with Gasteiger partial charge in [-0.1, -0.05) is 12.8 Å². The fourth-order valence-electron chi connectivity index (χ4n) is 2.75. The Morgan fingerprint density at radius 1 is 1.38 bits per heavy atom. The number of carbonyl (C=O) groups excluding carboxylic acids is 1. The first kappa shape index (κ1) is 15.4. The molecule has 1 aromatic rings. The van der Waals surface area contributed by atoms with Crippen molar-refractivity contribution in [3.63, 3.8) is 0 Å². The SMILES string of the molecule is Cc1cc(NC(=O)N(C)C2CCCCC2O)c(C(=O)O)[nH]1. The number of hydrogen-bond donors (Lipinski definition) is 4. The first-order chi connectivity index (χ1) is 9.90. The molecule has 0 aliphatic heterocycles. The van der Waals surface area contributed by atoms with Gasteiger partial charge in [-0.25, -0.2) is 9.59 Å². The number of aromatic carboxylic acids is 1. The number of aliphatic hydroxyl groups is 1. The maximum Gasteiger partial charge on any atom is 0.354 e. The van der Waals surface area contributed by atoms with E-state index in [0.29, 0.717) is 12.1 Å². The van der Waals surface area contributed by atoms with Crippen molar-refractivity contribution in [1.82, 2.24) is 9.88 Å². The van der Waals surface area contributed by atoms with Gasteiger partial charge in [0.25, 0.3) is 0 Å². The van der Waals surface area contributed by atoms with Crippen LogP contribution in [-0.2, 0) is 0 Å². The van der Waals surface area contributed by atoms with Crippen molar-refractivity contribution < 1.29 is 19.8 Å². The van der Waals surface area contributed by atoms with Gasteiger partial charge in [0.2, 0.25) is 0 Å². The number of H-pyrrole nitrogens is 1. The molecular weight excluding hydrogens is 274 g/mol. The molecule has 1 saturated carbocycles.